The topological polar surface area (TPSA) is 88.1 Å². The molecule has 0 radical (unpaired) electrons. The highest BCUT2D eigenvalue weighted by atomic mass is 28.4. The van der Waals surface area contributed by atoms with E-state index >= 15 is 0 Å². The molecule has 6 rings (SSSR count). The van der Waals surface area contributed by atoms with Gasteiger partial charge in [-0.3, -0.25) is 9.59 Å². The number of ether oxygens (including phenoxy) is 3. The Morgan fingerprint density at radius 3 is 1.75 bits per heavy atom. The average Bonchev–Trinajstić information content (AvgIpc) is 3.22. The van der Waals surface area contributed by atoms with Crippen molar-refractivity contribution in [2.45, 2.75) is 76.9 Å². The van der Waals surface area contributed by atoms with E-state index in [2.05, 4.69) is 107 Å². The van der Waals surface area contributed by atoms with E-state index < -0.39 is 14.3 Å². The van der Waals surface area contributed by atoms with Gasteiger partial charge in [-0.1, -0.05) is 132 Å². The van der Waals surface area contributed by atoms with Crippen LogP contribution in [0.1, 0.15) is 108 Å². The molecule has 0 spiro atoms. The van der Waals surface area contributed by atoms with E-state index in [1.165, 1.54) is 28.6 Å². The Balaban J connectivity index is 0.969. The highest BCUT2D eigenvalue weighted by Gasteiger charge is 2.50. The summed E-state index contributed by atoms with van der Waals surface area (Å²) in [4.78, 5) is 38.8. The predicted molar refractivity (Wildman–Crippen MR) is 228 cm³/mol. The maximum atomic E-state index is 13.0. The van der Waals surface area contributed by atoms with Gasteiger partial charge in [0.25, 0.3) is 8.32 Å². The normalized spacial score (nSPS) is 13.4. The summed E-state index contributed by atoms with van der Waals surface area (Å²) in [5, 5.41) is 2.53. The summed E-state index contributed by atoms with van der Waals surface area (Å²) in [6.07, 6.45) is 3.31. The summed E-state index contributed by atoms with van der Waals surface area (Å²) in [6.45, 7) is 12.6. The summed E-state index contributed by atoms with van der Waals surface area (Å²) in [7, 11) is -0.773. The van der Waals surface area contributed by atoms with Gasteiger partial charge in [0.05, 0.1) is 24.9 Å². The van der Waals surface area contributed by atoms with Gasteiger partial charge in [-0.15, -0.1) is 0 Å². The van der Waals surface area contributed by atoms with Crippen LogP contribution in [0.2, 0.25) is 5.04 Å². The van der Waals surface area contributed by atoms with E-state index in [0.717, 1.165) is 30.6 Å². The van der Waals surface area contributed by atoms with Gasteiger partial charge in [-0.2, -0.15) is 0 Å². The first-order valence-electron chi connectivity index (χ1n) is 19.9. The van der Waals surface area contributed by atoms with Crippen molar-refractivity contribution in [3.8, 4) is 5.75 Å². The van der Waals surface area contributed by atoms with Crippen LogP contribution in [0.15, 0.2) is 127 Å². The number of carbonyl (C=O) groups is 3. The second-order valence-electron chi connectivity index (χ2n) is 16.3. The van der Waals surface area contributed by atoms with Gasteiger partial charge in [-0.25, -0.2) is 4.79 Å². The molecule has 5 aromatic carbocycles. The van der Waals surface area contributed by atoms with Crippen LogP contribution in [0.5, 0.6) is 5.75 Å². The number of rotatable bonds is 17. The number of hydrogen-bond acceptors (Lipinski definition) is 7. The minimum Gasteiger partial charge on any atom is -0.493 e. The second kappa shape index (κ2) is 18.0. The standard InChI is InChI=1S/C49H54O7Si/c1-48(2,3)57(38-18-9-7-10-19-38,39-20-11-8-12-21-39)56-33-16-15-24-44(53-6)49(4,5)36-26-28-37(29-27-36)54-31-17-32-55-47(52)35-25-30-42-43(34-35)46(51)41-23-14-13-22-40(41)45(42)50/h7-14,18-23,25-30,34,44H,15-17,24,31-33H2,1-6H3. The van der Waals surface area contributed by atoms with Crippen LogP contribution >= 0.6 is 0 Å². The average molecular weight is 783 g/mol. The van der Waals surface area contributed by atoms with Crippen molar-refractivity contribution in [2.75, 3.05) is 26.9 Å². The molecule has 296 valence electrons. The number of carbonyl (C=O) groups excluding carboxylic acids is 3. The molecule has 0 saturated carbocycles. The molecule has 5 aromatic rings. The molecule has 0 fully saturated rings. The molecular weight excluding hydrogens is 729 g/mol. The quantitative estimate of drug-likeness (QED) is 0.0518. The van der Waals surface area contributed by atoms with Crippen molar-refractivity contribution in [1.82, 2.24) is 0 Å². The lowest BCUT2D eigenvalue weighted by atomic mass is 9.77. The fraction of sp³-hybridized carbons (Fsp3) is 0.327. The minimum absolute atomic E-state index is 0.0105. The molecule has 0 aromatic heterocycles. The van der Waals surface area contributed by atoms with Crippen LogP contribution in [0.4, 0.5) is 0 Å². The van der Waals surface area contributed by atoms with Crippen LogP contribution in [0, 0.1) is 0 Å². The lowest BCUT2D eigenvalue weighted by molar-refractivity contribution is 0.0364. The molecule has 1 atom stereocenters. The number of methoxy groups -OCH3 is 1. The highest BCUT2D eigenvalue weighted by Crippen LogP contribution is 2.37. The molecule has 0 N–H and O–H groups in total. The number of esters is 1. The van der Waals surface area contributed by atoms with E-state index in [1.807, 2.05) is 12.1 Å². The highest BCUT2D eigenvalue weighted by molar-refractivity contribution is 6.99. The van der Waals surface area contributed by atoms with Crippen LogP contribution in [0.3, 0.4) is 0 Å². The van der Waals surface area contributed by atoms with Crippen LogP contribution in [-0.2, 0) is 19.3 Å². The summed E-state index contributed by atoms with van der Waals surface area (Å²) >= 11 is 0. The van der Waals surface area contributed by atoms with E-state index in [4.69, 9.17) is 18.6 Å². The fourth-order valence-electron chi connectivity index (χ4n) is 8.08. The zero-order valence-corrected chi connectivity index (χ0v) is 35.0. The Kier molecular flexibility index (Phi) is 13.1. The van der Waals surface area contributed by atoms with Crippen molar-refractivity contribution in [2.24, 2.45) is 0 Å². The van der Waals surface area contributed by atoms with Gasteiger partial charge < -0.3 is 18.6 Å². The van der Waals surface area contributed by atoms with Crippen molar-refractivity contribution in [3.05, 3.63) is 161 Å². The first kappa shape index (κ1) is 41.5. The minimum atomic E-state index is -2.57. The number of benzene rings is 5. The molecule has 0 saturated heterocycles. The molecule has 8 heteroatoms. The fourth-order valence-corrected chi connectivity index (χ4v) is 12.7. The zero-order valence-electron chi connectivity index (χ0n) is 34.0. The Bertz CT molecular complexity index is 2110. The third kappa shape index (κ3) is 8.89. The number of hydrogen-bond donors (Lipinski definition) is 0. The van der Waals surface area contributed by atoms with Crippen molar-refractivity contribution >= 4 is 36.2 Å². The Morgan fingerprint density at radius 1 is 0.614 bits per heavy atom. The summed E-state index contributed by atoms with van der Waals surface area (Å²) < 4.78 is 24.7. The summed E-state index contributed by atoms with van der Waals surface area (Å²) in [5.74, 6) is -0.323. The summed E-state index contributed by atoms with van der Waals surface area (Å²) in [6, 6.07) is 40.9. The van der Waals surface area contributed by atoms with Crippen molar-refractivity contribution < 1.29 is 33.0 Å². The summed E-state index contributed by atoms with van der Waals surface area (Å²) in [5.41, 5.74) is 2.39. The lowest BCUT2D eigenvalue weighted by Gasteiger charge is -2.43. The molecule has 1 unspecified atom stereocenters. The Hall–Kier alpha value is -5.15. The van der Waals surface area contributed by atoms with E-state index in [0.29, 0.717) is 36.3 Å². The van der Waals surface area contributed by atoms with Crippen molar-refractivity contribution in [1.29, 1.82) is 0 Å². The lowest BCUT2D eigenvalue weighted by Crippen LogP contribution is -2.66. The molecular formula is C49H54O7Si. The van der Waals surface area contributed by atoms with E-state index in [-0.39, 0.29) is 45.9 Å². The number of unbranched alkanes of at least 4 members (excludes halogenated alkanes) is 1. The number of ketones is 2. The maximum Gasteiger partial charge on any atom is 0.338 e. The number of fused-ring (bicyclic) bond motifs is 2. The largest absolute Gasteiger partial charge is 0.493 e. The van der Waals surface area contributed by atoms with Gasteiger partial charge in [0.2, 0.25) is 0 Å². The van der Waals surface area contributed by atoms with Gasteiger partial charge in [-0.05, 0) is 70.6 Å². The first-order valence-corrected chi connectivity index (χ1v) is 21.8. The van der Waals surface area contributed by atoms with Gasteiger partial charge in [0.1, 0.15) is 5.75 Å². The third-order valence-corrected chi connectivity index (χ3v) is 16.3. The smallest absolute Gasteiger partial charge is 0.338 e. The molecule has 0 amide bonds. The van der Waals surface area contributed by atoms with Crippen LogP contribution in [0.25, 0.3) is 0 Å². The third-order valence-electron chi connectivity index (χ3n) is 11.2. The van der Waals surface area contributed by atoms with Gasteiger partial charge in [0, 0.05) is 47.8 Å². The molecule has 1 aliphatic rings. The monoisotopic (exact) mass is 782 g/mol. The zero-order chi connectivity index (χ0) is 40.6. The Morgan fingerprint density at radius 2 is 1.18 bits per heavy atom. The van der Waals surface area contributed by atoms with Gasteiger partial charge in [0.15, 0.2) is 11.6 Å². The van der Waals surface area contributed by atoms with Crippen molar-refractivity contribution in [3.63, 3.8) is 0 Å². The van der Waals surface area contributed by atoms with Crippen LogP contribution in [-0.4, -0.2) is 58.9 Å². The van der Waals surface area contributed by atoms with E-state index in [1.54, 1.807) is 31.4 Å². The first-order chi connectivity index (χ1) is 27.4. The Labute approximate surface area is 338 Å². The molecule has 57 heavy (non-hydrogen) atoms. The molecule has 0 aliphatic heterocycles. The van der Waals surface area contributed by atoms with Gasteiger partial charge >= 0.3 is 5.97 Å². The SMILES string of the molecule is COC(CCCCO[Si](c1ccccc1)(c1ccccc1)C(C)(C)C)C(C)(C)c1ccc(OCCCOC(=O)c2ccc3c(c2)C(=O)c2ccccc2C3=O)cc1. The second-order valence-corrected chi connectivity index (χ2v) is 20.6. The predicted octanol–water partition coefficient (Wildman–Crippen LogP) is 9.13. The van der Waals surface area contributed by atoms with E-state index in [9.17, 15) is 14.4 Å². The molecule has 0 bridgehead atoms. The molecule has 0 heterocycles. The van der Waals surface area contributed by atoms with Crippen LogP contribution < -0.4 is 15.1 Å². The maximum absolute atomic E-state index is 13.0. The molecule has 1 aliphatic carbocycles. The molecule has 7 nitrogen and oxygen atoms in total.